The summed E-state index contributed by atoms with van der Waals surface area (Å²) >= 11 is 6.22. The van der Waals surface area contributed by atoms with Crippen LogP contribution in [0, 0.1) is 12.8 Å². The van der Waals surface area contributed by atoms with Gasteiger partial charge in [0.05, 0.1) is 30.8 Å². The van der Waals surface area contributed by atoms with E-state index in [9.17, 15) is 4.79 Å². The van der Waals surface area contributed by atoms with E-state index < -0.39 is 0 Å². The molecule has 10 heteroatoms. The summed E-state index contributed by atoms with van der Waals surface area (Å²) in [6.07, 6.45) is 1.68. The molecule has 1 aliphatic rings. The second-order valence-electron chi connectivity index (χ2n) is 7.17. The Morgan fingerprint density at radius 3 is 2.77 bits per heavy atom. The van der Waals surface area contributed by atoms with Crippen LogP contribution in [0.3, 0.4) is 0 Å². The molecule has 4 rings (SSSR count). The molecule has 3 aromatic rings. The molecule has 1 N–H and O–H groups in total. The number of ether oxygens (including phenoxy) is 2. The fraction of sp³-hybridized carbons (Fsp3) is 0.400. The molecule has 1 saturated heterocycles. The molecule has 0 bridgehead atoms. The van der Waals surface area contributed by atoms with E-state index >= 15 is 0 Å². The molecule has 3 heterocycles. The maximum Gasteiger partial charge on any atom is 0.229 e. The smallest absolute Gasteiger partial charge is 0.229 e. The van der Waals surface area contributed by atoms with E-state index in [1.807, 2.05) is 19.1 Å². The van der Waals surface area contributed by atoms with Crippen LogP contribution < -0.4 is 19.7 Å². The van der Waals surface area contributed by atoms with Crippen molar-refractivity contribution in [1.29, 1.82) is 0 Å². The van der Waals surface area contributed by atoms with Gasteiger partial charge >= 0.3 is 0 Å². The number of aryl methyl sites for hydroxylation is 1. The number of fused-ring (bicyclic) bond motifs is 1. The topological polar surface area (TPSA) is 93.9 Å². The molecular formula is C20H23ClN6O3. The molecule has 1 atom stereocenters. The van der Waals surface area contributed by atoms with Crippen LogP contribution in [0.15, 0.2) is 24.3 Å². The number of nitrogens with zero attached hydrogens (tertiary/aromatic N) is 5. The Morgan fingerprint density at radius 1 is 1.20 bits per heavy atom. The Morgan fingerprint density at radius 2 is 2.00 bits per heavy atom. The van der Waals surface area contributed by atoms with Crippen LogP contribution in [0.1, 0.15) is 18.7 Å². The first kappa shape index (κ1) is 20.2. The van der Waals surface area contributed by atoms with E-state index in [1.165, 1.54) is 14.2 Å². The molecule has 1 amide bonds. The van der Waals surface area contributed by atoms with Gasteiger partial charge in [-0.1, -0.05) is 11.6 Å². The summed E-state index contributed by atoms with van der Waals surface area (Å²) in [7, 11) is 3.07. The maximum absolute atomic E-state index is 13.0. The lowest BCUT2D eigenvalue weighted by Crippen LogP contribution is -2.41. The number of nitrogens with one attached hydrogen (secondary N) is 1. The molecule has 0 aliphatic carbocycles. The maximum atomic E-state index is 13.0. The number of carbonyl (C=O) groups is 1. The molecule has 30 heavy (non-hydrogen) atoms. The Balaban J connectivity index is 1.51. The van der Waals surface area contributed by atoms with Crippen LogP contribution >= 0.6 is 11.6 Å². The lowest BCUT2D eigenvalue weighted by atomic mass is 9.97. The summed E-state index contributed by atoms with van der Waals surface area (Å²) < 4.78 is 12.3. The van der Waals surface area contributed by atoms with Crippen LogP contribution in [-0.2, 0) is 4.79 Å². The van der Waals surface area contributed by atoms with Gasteiger partial charge < -0.3 is 19.7 Å². The second-order valence-corrected chi connectivity index (χ2v) is 7.58. The number of anilines is 2. The molecule has 1 aromatic carbocycles. The normalized spacial score (nSPS) is 16.5. The number of carbonyl (C=O) groups excluding carboxylic acids is 1. The third-order valence-electron chi connectivity index (χ3n) is 5.25. The van der Waals surface area contributed by atoms with E-state index in [2.05, 4.69) is 25.5 Å². The minimum absolute atomic E-state index is 0.0826. The van der Waals surface area contributed by atoms with Crippen molar-refractivity contribution in [3.05, 3.63) is 35.1 Å². The standard InChI is InChI=1S/C20H23ClN6O3/c1-12-23-24-18-6-7-19(25-27(12)18)26-8-4-5-13(11-26)20(28)22-15-9-14(21)16(29-2)10-17(15)30-3/h6-7,9-10,13H,4-5,8,11H2,1-3H3,(H,22,28)/t13-/m0/s1. The van der Waals surface area contributed by atoms with E-state index in [4.69, 9.17) is 21.1 Å². The van der Waals surface area contributed by atoms with Crippen molar-refractivity contribution in [2.24, 2.45) is 5.92 Å². The predicted molar refractivity (Wildman–Crippen MR) is 114 cm³/mol. The number of hydrogen-bond donors (Lipinski definition) is 1. The summed E-state index contributed by atoms with van der Waals surface area (Å²) in [6, 6.07) is 7.10. The molecule has 0 unspecified atom stereocenters. The van der Waals surface area contributed by atoms with Crippen LogP contribution in [0.5, 0.6) is 11.5 Å². The molecule has 1 fully saturated rings. The minimum Gasteiger partial charge on any atom is -0.495 e. The summed E-state index contributed by atoms with van der Waals surface area (Å²) in [4.78, 5) is 15.1. The average Bonchev–Trinajstić information content (AvgIpc) is 3.14. The molecule has 1 aliphatic heterocycles. The van der Waals surface area contributed by atoms with Crippen molar-refractivity contribution in [3.63, 3.8) is 0 Å². The Hall–Kier alpha value is -3.07. The van der Waals surface area contributed by atoms with E-state index in [-0.39, 0.29) is 11.8 Å². The molecule has 0 radical (unpaired) electrons. The van der Waals surface area contributed by atoms with Gasteiger partial charge in [0.1, 0.15) is 17.3 Å². The highest BCUT2D eigenvalue weighted by Gasteiger charge is 2.28. The van der Waals surface area contributed by atoms with E-state index in [1.54, 1.807) is 16.6 Å². The number of amides is 1. The molecular weight excluding hydrogens is 408 g/mol. The zero-order valence-electron chi connectivity index (χ0n) is 17.1. The van der Waals surface area contributed by atoms with Gasteiger partial charge in [-0.3, -0.25) is 4.79 Å². The number of benzene rings is 1. The monoisotopic (exact) mass is 430 g/mol. The highest BCUT2D eigenvalue weighted by atomic mass is 35.5. The lowest BCUT2D eigenvalue weighted by Gasteiger charge is -2.32. The number of methoxy groups -OCH3 is 2. The average molecular weight is 431 g/mol. The van der Waals surface area contributed by atoms with Crippen molar-refractivity contribution in [2.75, 3.05) is 37.5 Å². The van der Waals surface area contributed by atoms with Crippen molar-refractivity contribution in [2.45, 2.75) is 19.8 Å². The quantitative estimate of drug-likeness (QED) is 0.665. The third kappa shape index (κ3) is 3.85. The van der Waals surface area contributed by atoms with Crippen LogP contribution in [0.25, 0.3) is 5.65 Å². The first-order valence-corrected chi connectivity index (χ1v) is 10.0. The molecule has 158 valence electrons. The summed E-state index contributed by atoms with van der Waals surface area (Å²) in [5, 5.41) is 16.1. The molecule has 2 aromatic heterocycles. The summed E-state index contributed by atoms with van der Waals surface area (Å²) in [6.45, 7) is 3.26. The largest absolute Gasteiger partial charge is 0.495 e. The summed E-state index contributed by atoms with van der Waals surface area (Å²) in [5.41, 5.74) is 1.22. The van der Waals surface area contributed by atoms with Gasteiger partial charge in [0.2, 0.25) is 5.91 Å². The van der Waals surface area contributed by atoms with Crippen LogP contribution in [0.4, 0.5) is 11.5 Å². The van der Waals surface area contributed by atoms with Crippen molar-refractivity contribution in [3.8, 4) is 11.5 Å². The van der Waals surface area contributed by atoms with E-state index in [0.29, 0.717) is 34.4 Å². The van der Waals surface area contributed by atoms with Crippen molar-refractivity contribution >= 4 is 34.7 Å². The van der Waals surface area contributed by atoms with Gasteiger partial charge in [-0.25, -0.2) is 0 Å². The number of aromatic nitrogens is 4. The van der Waals surface area contributed by atoms with Crippen molar-refractivity contribution in [1.82, 2.24) is 19.8 Å². The number of halogens is 1. The Labute approximate surface area is 178 Å². The summed E-state index contributed by atoms with van der Waals surface area (Å²) in [5.74, 6) is 2.23. The number of rotatable bonds is 5. The lowest BCUT2D eigenvalue weighted by molar-refractivity contribution is -0.120. The van der Waals surface area contributed by atoms with Crippen molar-refractivity contribution < 1.29 is 14.3 Å². The fourth-order valence-corrected chi connectivity index (χ4v) is 3.89. The van der Waals surface area contributed by atoms with Gasteiger partial charge in [-0.05, 0) is 38.0 Å². The highest BCUT2D eigenvalue weighted by Crippen LogP contribution is 2.36. The SMILES string of the molecule is COc1cc(OC)c(NC(=O)[C@H]2CCCN(c3ccc4nnc(C)n4n3)C2)cc1Cl. The zero-order valence-corrected chi connectivity index (χ0v) is 17.8. The van der Waals surface area contributed by atoms with Crippen LogP contribution in [0.2, 0.25) is 5.02 Å². The minimum atomic E-state index is -0.191. The first-order valence-electron chi connectivity index (χ1n) is 9.66. The van der Waals surface area contributed by atoms with Gasteiger partial charge in [0.15, 0.2) is 11.5 Å². The van der Waals surface area contributed by atoms with Gasteiger partial charge in [-0.15, -0.1) is 15.3 Å². The van der Waals surface area contributed by atoms with Gasteiger partial charge in [0, 0.05) is 19.2 Å². The van der Waals surface area contributed by atoms with Crippen LogP contribution in [-0.4, -0.2) is 53.0 Å². The molecule has 0 saturated carbocycles. The third-order valence-corrected chi connectivity index (χ3v) is 5.55. The Kier molecular flexibility index (Phi) is 5.63. The second kappa shape index (κ2) is 8.35. The number of piperidine rings is 1. The molecule has 9 nitrogen and oxygen atoms in total. The van der Waals surface area contributed by atoms with Gasteiger partial charge in [-0.2, -0.15) is 4.52 Å². The molecule has 0 spiro atoms. The first-order chi connectivity index (χ1) is 14.5. The van der Waals surface area contributed by atoms with E-state index in [0.717, 1.165) is 31.0 Å². The van der Waals surface area contributed by atoms with Gasteiger partial charge in [0.25, 0.3) is 0 Å². The number of hydrogen-bond acceptors (Lipinski definition) is 7. The highest BCUT2D eigenvalue weighted by molar-refractivity contribution is 6.32. The fourth-order valence-electron chi connectivity index (χ4n) is 3.65. The zero-order chi connectivity index (χ0) is 21.3. The predicted octanol–water partition coefficient (Wildman–Crippen LogP) is 2.96. The Bertz CT molecular complexity index is 1090.